The fourth-order valence-electron chi connectivity index (χ4n) is 10.5. The summed E-state index contributed by atoms with van der Waals surface area (Å²) in [6, 6.07) is 35.0. The molecule has 6 rings (SSSR count). The fraction of sp³-hybridized carbons (Fsp3) is 0.486. The third kappa shape index (κ3) is 12.8. The smallest absolute Gasteiger partial charge is 0.146 e. The minimum absolute atomic E-state index is 0.0500. The highest BCUT2D eigenvalue weighted by atomic mass is 28.3. The number of phenolic OH excluding ortho intramolecular Hbond substituents is 2. The van der Waals surface area contributed by atoms with Crippen molar-refractivity contribution >= 4 is 8.07 Å². The molecule has 6 aromatic carbocycles. The van der Waals surface area contributed by atoms with Gasteiger partial charge in [-0.15, -0.1) is 0 Å². The average Bonchev–Trinajstić information content (AvgIpc) is 3.28. The summed E-state index contributed by atoms with van der Waals surface area (Å²) < 4.78 is 15.3. The first kappa shape index (κ1) is 59.0. The molecule has 404 valence electrons. The first-order valence-electron chi connectivity index (χ1n) is 27.8. The van der Waals surface area contributed by atoms with Gasteiger partial charge in [-0.3, -0.25) is 0 Å². The molecule has 0 heterocycles. The van der Waals surface area contributed by atoms with Gasteiger partial charge in [-0.2, -0.15) is 0 Å². The van der Waals surface area contributed by atoms with E-state index < -0.39 is 8.07 Å². The number of aryl methyl sites for hydroxylation is 2. The van der Waals surface area contributed by atoms with Crippen molar-refractivity contribution in [2.24, 2.45) is 0 Å². The van der Waals surface area contributed by atoms with Gasteiger partial charge in [0, 0.05) is 44.5 Å². The van der Waals surface area contributed by atoms with Crippen molar-refractivity contribution in [3.63, 3.8) is 0 Å². The van der Waals surface area contributed by atoms with Crippen molar-refractivity contribution in [2.45, 2.75) is 210 Å². The Morgan fingerprint density at radius 1 is 0.373 bits per heavy atom. The van der Waals surface area contributed by atoms with Crippen LogP contribution >= 0.6 is 0 Å². The summed E-state index contributed by atoms with van der Waals surface area (Å²) in [4.78, 5) is 0. The minimum Gasteiger partial charge on any atom is -0.507 e. The van der Waals surface area contributed by atoms with Crippen molar-refractivity contribution in [2.75, 3.05) is 12.5 Å². The average molecular weight is 1030 g/mol. The van der Waals surface area contributed by atoms with Gasteiger partial charge in [0.1, 0.15) is 31.1 Å². The van der Waals surface area contributed by atoms with Crippen LogP contribution in [0.15, 0.2) is 97.1 Å². The van der Waals surface area contributed by atoms with Gasteiger partial charge < -0.3 is 19.7 Å². The molecule has 0 amide bonds. The van der Waals surface area contributed by atoms with Crippen molar-refractivity contribution in [1.29, 1.82) is 0 Å². The lowest BCUT2D eigenvalue weighted by molar-refractivity contribution is 0.325. The molecule has 5 heteroatoms. The first-order chi connectivity index (χ1) is 34.2. The predicted molar refractivity (Wildman–Crippen MR) is 327 cm³/mol. The zero-order valence-electron chi connectivity index (χ0n) is 51.0. The van der Waals surface area contributed by atoms with Crippen LogP contribution in [0.25, 0.3) is 44.5 Å². The molecule has 0 aliphatic carbocycles. The summed E-state index contributed by atoms with van der Waals surface area (Å²) in [6.45, 7) is 54.3. The van der Waals surface area contributed by atoms with Gasteiger partial charge in [0.25, 0.3) is 0 Å². The van der Waals surface area contributed by atoms with E-state index in [1.54, 1.807) is 0 Å². The molecule has 0 atom stereocenters. The third-order valence-corrected chi connectivity index (χ3v) is 21.9. The number of ether oxygens (including phenoxy) is 2. The zero-order chi connectivity index (χ0) is 56.3. The Labute approximate surface area is 456 Å². The Kier molecular flexibility index (Phi) is 16.5. The zero-order valence-corrected chi connectivity index (χ0v) is 52.0. The van der Waals surface area contributed by atoms with E-state index in [1.165, 1.54) is 22.3 Å². The standard InChI is InChI=1S/C70H96O4Si/c1-43(2)75(44(3)4,41-73-63-57(37-51(67(13,14)15)39-59(63)69(19,20)21)55-33-45(5)31-53(61(55)71)47-27-25-29-49(35-47)65(7,8)9)42-74-64-58(38-52(68(16,17)18)40-60(64)70(22,23)24)56-34-46(6)32-54(62(56)72)48-28-26-30-50(36-48)66(10,11)12/h25-40,43-44,71-72H,41-42H2,1-24H3. The van der Waals surface area contributed by atoms with Crippen LogP contribution in [0.5, 0.6) is 23.0 Å². The Hall–Kier alpha value is -5.26. The first-order valence-corrected chi connectivity index (χ1v) is 30.4. The van der Waals surface area contributed by atoms with E-state index in [-0.39, 0.29) is 55.1 Å². The molecule has 0 bridgehead atoms. The molecule has 0 radical (unpaired) electrons. The Morgan fingerprint density at radius 3 is 0.960 bits per heavy atom. The van der Waals surface area contributed by atoms with Crippen LogP contribution in [0.4, 0.5) is 0 Å². The topological polar surface area (TPSA) is 58.9 Å². The Morgan fingerprint density at radius 2 is 0.680 bits per heavy atom. The Balaban J connectivity index is 1.58. The van der Waals surface area contributed by atoms with E-state index in [1.807, 2.05) is 0 Å². The van der Waals surface area contributed by atoms with E-state index in [0.717, 1.165) is 78.3 Å². The van der Waals surface area contributed by atoms with Crippen LogP contribution < -0.4 is 9.47 Å². The molecule has 0 fully saturated rings. The molecule has 0 aliphatic heterocycles. The van der Waals surface area contributed by atoms with Crippen LogP contribution in [0.1, 0.15) is 197 Å². The van der Waals surface area contributed by atoms with Crippen molar-refractivity contribution in [1.82, 2.24) is 0 Å². The highest BCUT2D eigenvalue weighted by Gasteiger charge is 2.44. The van der Waals surface area contributed by atoms with E-state index >= 15 is 0 Å². The highest BCUT2D eigenvalue weighted by Crippen LogP contribution is 2.51. The number of aromatic hydroxyl groups is 2. The second-order valence-corrected chi connectivity index (χ2v) is 34.4. The van der Waals surface area contributed by atoms with Gasteiger partial charge in [0.05, 0.1) is 12.5 Å². The maximum Gasteiger partial charge on any atom is 0.146 e. The number of benzene rings is 6. The van der Waals surface area contributed by atoms with E-state index in [4.69, 9.17) is 9.47 Å². The molecule has 2 N–H and O–H groups in total. The van der Waals surface area contributed by atoms with Crippen LogP contribution in [0, 0.1) is 13.8 Å². The normalized spacial score (nSPS) is 13.3. The molecule has 0 aromatic heterocycles. The van der Waals surface area contributed by atoms with Gasteiger partial charge in [0.2, 0.25) is 0 Å². The van der Waals surface area contributed by atoms with E-state index in [2.05, 4.69) is 263 Å². The summed E-state index contributed by atoms with van der Waals surface area (Å²) in [5.41, 5.74) is 15.7. The van der Waals surface area contributed by atoms with Gasteiger partial charge in [-0.05, 0) is 138 Å². The largest absolute Gasteiger partial charge is 0.507 e. The molecule has 0 aliphatic rings. The van der Waals surface area contributed by atoms with Crippen molar-refractivity contribution in [3.8, 4) is 67.5 Å². The lowest BCUT2D eigenvalue weighted by atomic mass is 9.77. The van der Waals surface area contributed by atoms with Crippen molar-refractivity contribution < 1.29 is 19.7 Å². The summed E-state index contributed by atoms with van der Waals surface area (Å²) in [7, 11) is -2.62. The second kappa shape index (κ2) is 20.9. The van der Waals surface area contributed by atoms with Crippen molar-refractivity contribution in [3.05, 3.63) is 142 Å². The monoisotopic (exact) mass is 1030 g/mol. The molecule has 75 heavy (non-hydrogen) atoms. The van der Waals surface area contributed by atoms with Gasteiger partial charge in [-0.1, -0.05) is 213 Å². The summed E-state index contributed by atoms with van der Waals surface area (Å²) in [6.07, 6.45) is 1.01. The van der Waals surface area contributed by atoms with Crippen LogP contribution in [-0.4, -0.2) is 30.7 Å². The summed E-state index contributed by atoms with van der Waals surface area (Å²) in [5, 5.41) is 25.4. The summed E-state index contributed by atoms with van der Waals surface area (Å²) in [5.74, 6) is 2.16. The van der Waals surface area contributed by atoms with Crippen LogP contribution in [0.2, 0.25) is 11.1 Å². The minimum atomic E-state index is -2.62. The second-order valence-electron chi connectivity index (χ2n) is 29.0. The molecular weight excluding hydrogens is 933 g/mol. The summed E-state index contributed by atoms with van der Waals surface area (Å²) >= 11 is 0. The predicted octanol–water partition coefficient (Wildman–Crippen LogP) is 20.0. The fourth-order valence-corrected chi connectivity index (χ4v) is 14.0. The molecule has 0 unspecified atom stereocenters. The number of phenols is 2. The van der Waals surface area contributed by atoms with Gasteiger partial charge >= 0.3 is 0 Å². The molecule has 0 saturated heterocycles. The molecule has 0 spiro atoms. The van der Waals surface area contributed by atoms with Crippen LogP contribution in [0.3, 0.4) is 0 Å². The quantitative estimate of drug-likeness (QED) is 0.120. The van der Waals surface area contributed by atoms with Gasteiger partial charge in [0.15, 0.2) is 0 Å². The third-order valence-electron chi connectivity index (χ3n) is 16.0. The molecular formula is C70H96O4Si. The lowest BCUT2D eigenvalue weighted by Crippen LogP contribution is -2.53. The number of rotatable bonds is 12. The van der Waals surface area contributed by atoms with E-state index in [9.17, 15) is 10.2 Å². The maximum atomic E-state index is 12.7. The maximum absolute atomic E-state index is 12.7. The lowest BCUT2D eigenvalue weighted by Gasteiger charge is -2.40. The number of hydrogen-bond donors (Lipinski definition) is 2. The molecule has 4 nitrogen and oxygen atoms in total. The SMILES string of the molecule is Cc1cc(-c2cccc(C(C)(C)C)c2)c(O)c(-c2cc(C(C)(C)C)cc(C(C)(C)C)c2OC[Si](COc2c(-c3cc(C)cc(-c4cccc(C(C)(C)C)c4)c3O)cc(C(C)(C)C)cc2C(C)(C)C)(C(C)C)C(C)C)c1. The number of hydrogen-bond acceptors (Lipinski definition) is 4. The molecule has 6 aromatic rings. The highest BCUT2D eigenvalue weighted by molar-refractivity contribution is 6.82. The molecule has 0 saturated carbocycles. The van der Waals surface area contributed by atoms with Gasteiger partial charge in [-0.25, -0.2) is 0 Å². The Bertz CT molecular complexity index is 2830. The van der Waals surface area contributed by atoms with E-state index in [0.29, 0.717) is 12.5 Å². The van der Waals surface area contributed by atoms with Crippen LogP contribution in [-0.2, 0) is 32.5 Å².